The molecule has 0 saturated carbocycles. The lowest BCUT2D eigenvalue weighted by atomic mass is 10.1. The van der Waals surface area contributed by atoms with E-state index in [0.717, 1.165) is 22.2 Å². The molecule has 3 aromatic rings. The molecule has 7 heteroatoms. The number of fused-ring (bicyclic) bond motifs is 1. The van der Waals surface area contributed by atoms with Crippen molar-refractivity contribution in [2.45, 2.75) is 13.0 Å². The summed E-state index contributed by atoms with van der Waals surface area (Å²) in [6.45, 7) is 1.90. The Kier molecular flexibility index (Phi) is 4.24. The molecule has 0 amide bonds. The number of pyridine rings is 1. The average molecular weight is 324 g/mol. The van der Waals surface area contributed by atoms with Gasteiger partial charge in [0.2, 0.25) is 0 Å². The van der Waals surface area contributed by atoms with Gasteiger partial charge in [-0.15, -0.1) is 0 Å². The second kappa shape index (κ2) is 6.49. The van der Waals surface area contributed by atoms with Crippen LogP contribution in [0.25, 0.3) is 10.8 Å². The monoisotopic (exact) mass is 324 g/mol. The Balaban J connectivity index is 2.00. The van der Waals surface area contributed by atoms with Crippen LogP contribution in [0.3, 0.4) is 0 Å². The van der Waals surface area contributed by atoms with E-state index in [0.29, 0.717) is 0 Å². The van der Waals surface area contributed by atoms with Gasteiger partial charge in [0.1, 0.15) is 23.5 Å². The third-order valence-electron chi connectivity index (χ3n) is 3.71. The van der Waals surface area contributed by atoms with Crippen molar-refractivity contribution in [3.05, 3.63) is 54.2 Å². The highest BCUT2D eigenvalue weighted by atomic mass is 16.5. The second-order valence-electron chi connectivity index (χ2n) is 5.24. The van der Waals surface area contributed by atoms with Gasteiger partial charge in [-0.3, -0.25) is 4.98 Å². The van der Waals surface area contributed by atoms with Crippen LogP contribution < -0.4 is 10.1 Å². The Morgan fingerprint density at radius 2 is 2.12 bits per heavy atom. The van der Waals surface area contributed by atoms with Crippen LogP contribution in [0, 0.1) is 0 Å². The van der Waals surface area contributed by atoms with Crippen LogP contribution in [0.5, 0.6) is 5.75 Å². The van der Waals surface area contributed by atoms with Crippen LogP contribution in [-0.4, -0.2) is 33.1 Å². The van der Waals surface area contributed by atoms with Gasteiger partial charge in [-0.1, -0.05) is 6.07 Å². The molecule has 3 rings (SSSR count). The molecule has 1 unspecified atom stereocenters. The van der Waals surface area contributed by atoms with E-state index in [1.165, 1.54) is 12.5 Å². The van der Waals surface area contributed by atoms with E-state index < -0.39 is 5.97 Å². The van der Waals surface area contributed by atoms with E-state index in [-0.39, 0.29) is 17.4 Å². The molecule has 2 heterocycles. The highest BCUT2D eigenvalue weighted by Crippen LogP contribution is 2.28. The number of benzene rings is 1. The number of ether oxygens (including phenoxy) is 1. The van der Waals surface area contributed by atoms with Crippen LogP contribution in [0.1, 0.15) is 29.0 Å². The molecule has 0 aliphatic heterocycles. The van der Waals surface area contributed by atoms with Gasteiger partial charge in [-0.2, -0.15) is 0 Å². The van der Waals surface area contributed by atoms with Crippen LogP contribution in [0.4, 0.5) is 5.82 Å². The van der Waals surface area contributed by atoms with Crippen molar-refractivity contribution in [1.29, 1.82) is 0 Å². The van der Waals surface area contributed by atoms with Gasteiger partial charge in [0.25, 0.3) is 0 Å². The fourth-order valence-corrected chi connectivity index (χ4v) is 2.52. The quantitative estimate of drug-likeness (QED) is 0.744. The standard InChI is InChI=1S/C17H16N4O3/c1-10(21-16-14(17(22)23)8-18-9-20-16)15-13-7-12(24-2)4-3-11(13)5-6-19-15/h3-10H,1-2H3,(H,22,23)(H,18,20,21). The maximum atomic E-state index is 11.3. The number of carboxylic acid groups (broad SMARTS) is 1. The van der Waals surface area contributed by atoms with Crippen molar-refractivity contribution in [3.8, 4) is 5.75 Å². The van der Waals surface area contributed by atoms with Crippen molar-refractivity contribution >= 4 is 22.6 Å². The van der Waals surface area contributed by atoms with Crippen LogP contribution in [0.15, 0.2) is 43.0 Å². The van der Waals surface area contributed by atoms with Crippen molar-refractivity contribution in [2.24, 2.45) is 0 Å². The van der Waals surface area contributed by atoms with Gasteiger partial charge in [-0.25, -0.2) is 14.8 Å². The smallest absolute Gasteiger partial charge is 0.341 e. The lowest BCUT2D eigenvalue weighted by Gasteiger charge is -2.17. The first-order chi connectivity index (χ1) is 11.6. The lowest BCUT2D eigenvalue weighted by molar-refractivity contribution is 0.0697. The number of carboxylic acids is 1. The van der Waals surface area contributed by atoms with E-state index in [1.807, 2.05) is 31.2 Å². The number of carbonyl (C=O) groups is 1. The number of nitrogens with one attached hydrogen (secondary N) is 1. The Bertz CT molecular complexity index is 898. The van der Waals surface area contributed by atoms with Crippen molar-refractivity contribution in [1.82, 2.24) is 15.0 Å². The molecule has 7 nitrogen and oxygen atoms in total. The van der Waals surface area contributed by atoms with Crippen molar-refractivity contribution in [3.63, 3.8) is 0 Å². The third kappa shape index (κ3) is 2.96. The maximum Gasteiger partial charge on any atom is 0.341 e. The molecular formula is C17H16N4O3. The van der Waals surface area contributed by atoms with Crippen LogP contribution in [-0.2, 0) is 0 Å². The minimum atomic E-state index is -1.09. The number of nitrogens with zero attached hydrogens (tertiary/aromatic N) is 3. The molecule has 1 atom stereocenters. The average Bonchev–Trinajstić information content (AvgIpc) is 2.60. The Morgan fingerprint density at radius 3 is 2.88 bits per heavy atom. The van der Waals surface area contributed by atoms with Crippen LogP contribution in [0.2, 0.25) is 0 Å². The fraction of sp³-hybridized carbons (Fsp3) is 0.176. The third-order valence-corrected chi connectivity index (χ3v) is 3.71. The molecule has 24 heavy (non-hydrogen) atoms. The number of aromatic carboxylic acids is 1. The Hall–Kier alpha value is -3.22. The minimum Gasteiger partial charge on any atom is -0.497 e. The summed E-state index contributed by atoms with van der Waals surface area (Å²) in [6.07, 6.45) is 4.30. The van der Waals surface area contributed by atoms with Gasteiger partial charge >= 0.3 is 5.97 Å². The largest absolute Gasteiger partial charge is 0.497 e. The van der Waals surface area contributed by atoms with E-state index >= 15 is 0 Å². The summed E-state index contributed by atoms with van der Waals surface area (Å²) < 4.78 is 5.28. The zero-order chi connectivity index (χ0) is 17.1. The predicted octanol–water partition coefficient (Wildman–Crippen LogP) is 2.90. The van der Waals surface area contributed by atoms with Crippen molar-refractivity contribution in [2.75, 3.05) is 12.4 Å². The molecule has 0 saturated heterocycles. The molecule has 0 fully saturated rings. The summed E-state index contributed by atoms with van der Waals surface area (Å²) >= 11 is 0. The molecule has 0 aliphatic rings. The topological polar surface area (TPSA) is 97.2 Å². The zero-order valence-corrected chi connectivity index (χ0v) is 13.2. The summed E-state index contributed by atoms with van der Waals surface area (Å²) in [4.78, 5) is 23.5. The highest BCUT2D eigenvalue weighted by Gasteiger charge is 2.17. The van der Waals surface area contributed by atoms with Gasteiger partial charge in [0.15, 0.2) is 0 Å². The Labute approximate surface area is 138 Å². The molecule has 0 bridgehead atoms. The second-order valence-corrected chi connectivity index (χ2v) is 5.24. The SMILES string of the molecule is COc1ccc2ccnc(C(C)Nc3ncncc3C(=O)O)c2c1. The summed E-state index contributed by atoms with van der Waals surface area (Å²) in [7, 11) is 1.61. The van der Waals surface area contributed by atoms with E-state index in [4.69, 9.17) is 4.74 Å². The lowest BCUT2D eigenvalue weighted by Crippen LogP contribution is -2.14. The number of hydrogen-bond acceptors (Lipinski definition) is 6. The summed E-state index contributed by atoms with van der Waals surface area (Å²) in [5.41, 5.74) is 0.795. The highest BCUT2D eigenvalue weighted by molar-refractivity contribution is 5.93. The number of rotatable bonds is 5. The molecule has 1 aromatic carbocycles. The van der Waals surface area contributed by atoms with Gasteiger partial charge in [-0.05, 0) is 30.5 Å². The van der Waals surface area contributed by atoms with Gasteiger partial charge in [0.05, 0.1) is 18.8 Å². The molecule has 2 aromatic heterocycles. The molecule has 0 spiro atoms. The van der Waals surface area contributed by atoms with E-state index in [9.17, 15) is 9.90 Å². The number of aromatic nitrogens is 3. The summed E-state index contributed by atoms with van der Waals surface area (Å²) in [6, 6.07) is 7.41. The van der Waals surface area contributed by atoms with Crippen molar-refractivity contribution < 1.29 is 14.6 Å². The summed E-state index contributed by atoms with van der Waals surface area (Å²) in [5, 5.41) is 14.3. The first-order valence-corrected chi connectivity index (χ1v) is 7.32. The molecule has 2 N–H and O–H groups in total. The van der Waals surface area contributed by atoms with Gasteiger partial charge in [0, 0.05) is 17.8 Å². The first kappa shape index (κ1) is 15.7. The fourth-order valence-electron chi connectivity index (χ4n) is 2.52. The maximum absolute atomic E-state index is 11.3. The summed E-state index contributed by atoms with van der Waals surface area (Å²) in [5.74, 6) is -0.0956. The van der Waals surface area contributed by atoms with E-state index in [1.54, 1.807) is 13.3 Å². The van der Waals surface area contributed by atoms with E-state index in [2.05, 4.69) is 20.3 Å². The number of methoxy groups -OCH3 is 1. The van der Waals surface area contributed by atoms with Crippen LogP contribution >= 0.6 is 0 Å². The molecule has 0 aliphatic carbocycles. The van der Waals surface area contributed by atoms with Gasteiger partial charge < -0.3 is 15.2 Å². The molecule has 122 valence electrons. The first-order valence-electron chi connectivity index (χ1n) is 7.32. The number of hydrogen-bond donors (Lipinski definition) is 2. The Morgan fingerprint density at radius 1 is 1.29 bits per heavy atom. The zero-order valence-electron chi connectivity index (χ0n) is 13.2. The molecule has 0 radical (unpaired) electrons. The minimum absolute atomic E-state index is 0.0159. The molecular weight excluding hydrogens is 308 g/mol. The number of anilines is 1. The normalized spacial score (nSPS) is 11.9. The predicted molar refractivity (Wildman–Crippen MR) is 89.3 cm³/mol.